The monoisotopic (exact) mass is 529 g/mol. The molecule has 1 heterocycles. The zero-order chi connectivity index (χ0) is 27.9. The normalized spacial score (nSPS) is 11.0. The van der Waals surface area contributed by atoms with E-state index in [4.69, 9.17) is 9.47 Å². The van der Waals surface area contributed by atoms with E-state index < -0.39 is 0 Å². The number of aromatic nitrogens is 1. The van der Waals surface area contributed by atoms with Gasteiger partial charge in [-0.15, -0.1) is 0 Å². The van der Waals surface area contributed by atoms with Crippen LogP contribution in [0.1, 0.15) is 32.7 Å². The summed E-state index contributed by atoms with van der Waals surface area (Å²) < 4.78 is 13.6. The van der Waals surface area contributed by atoms with Crippen molar-refractivity contribution in [3.05, 3.63) is 137 Å². The minimum absolute atomic E-state index is 0.291. The van der Waals surface area contributed by atoms with Crippen molar-refractivity contribution in [3.8, 4) is 28.4 Å². The second-order valence-electron chi connectivity index (χ2n) is 9.49. The first-order valence-corrected chi connectivity index (χ1v) is 13.1. The Kier molecular flexibility index (Phi) is 8.07. The fourth-order valence-corrected chi connectivity index (χ4v) is 4.44. The van der Waals surface area contributed by atoms with Crippen molar-refractivity contribution in [2.24, 2.45) is 5.10 Å². The van der Waals surface area contributed by atoms with Gasteiger partial charge >= 0.3 is 0 Å². The molecule has 4 aromatic carbocycles. The number of hydrazone groups is 1. The van der Waals surface area contributed by atoms with E-state index in [1.54, 1.807) is 25.5 Å². The molecule has 0 saturated heterocycles. The molecule has 0 aliphatic rings. The molecule has 40 heavy (non-hydrogen) atoms. The Morgan fingerprint density at radius 2 is 1.60 bits per heavy atom. The third kappa shape index (κ3) is 6.13. The number of hydrogen-bond donors (Lipinski definition) is 1. The van der Waals surface area contributed by atoms with Gasteiger partial charge in [0, 0.05) is 16.9 Å². The number of nitrogens with zero attached hydrogens (tertiary/aromatic N) is 2. The van der Waals surface area contributed by atoms with E-state index >= 15 is 0 Å². The molecule has 6 heteroatoms. The van der Waals surface area contributed by atoms with Crippen LogP contribution in [0.15, 0.2) is 114 Å². The van der Waals surface area contributed by atoms with Gasteiger partial charge in [0.1, 0.15) is 6.61 Å². The van der Waals surface area contributed by atoms with Gasteiger partial charge in [0.15, 0.2) is 11.5 Å². The lowest BCUT2D eigenvalue weighted by molar-refractivity contribution is 0.0955. The third-order valence-corrected chi connectivity index (χ3v) is 6.62. The van der Waals surface area contributed by atoms with Crippen molar-refractivity contribution >= 4 is 12.1 Å². The Morgan fingerprint density at radius 1 is 0.850 bits per heavy atom. The first kappa shape index (κ1) is 26.5. The van der Waals surface area contributed by atoms with Crippen LogP contribution in [-0.4, -0.2) is 23.8 Å². The quantitative estimate of drug-likeness (QED) is 0.163. The van der Waals surface area contributed by atoms with E-state index in [2.05, 4.69) is 65.3 Å². The van der Waals surface area contributed by atoms with Gasteiger partial charge in [-0.1, -0.05) is 60.2 Å². The second kappa shape index (κ2) is 12.2. The molecule has 6 nitrogen and oxygen atoms in total. The van der Waals surface area contributed by atoms with Gasteiger partial charge in [-0.3, -0.25) is 4.79 Å². The Balaban J connectivity index is 1.22. The lowest BCUT2D eigenvalue weighted by Crippen LogP contribution is -2.17. The van der Waals surface area contributed by atoms with Crippen molar-refractivity contribution < 1.29 is 14.3 Å². The summed E-state index contributed by atoms with van der Waals surface area (Å²) in [6, 6.07) is 35.7. The van der Waals surface area contributed by atoms with Crippen LogP contribution in [0.2, 0.25) is 0 Å². The maximum Gasteiger partial charge on any atom is 0.271 e. The highest BCUT2D eigenvalue weighted by molar-refractivity contribution is 5.95. The van der Waals surface area contributed by atoms with Gasteiger partial charge in [-0.25, -0.2) is 5.43 Å². The number of benzene rings is 4. The predicted octanol–water partition coefficient (Wildman–Crippen LogP) is 7.11. The summed E-state index contributed by atoms with van der Waals surface area (Å²) in [5.41, 5.74) is 10.5. The molecular formula is C34H31N3O3. The molecule has 0 atom stereocenters. The smallest absolute Gasteiger partial charge is 0.271 e. The van der Waals surface area contributed by atoms with E-state index in [0.29, 0.717) is 23.7 Å². The predicted molar refractivity (Wildman–Crippen MR) is 160 cm³/mol. The van der Waals surface area contributed by atoms with Gasteiger partial charge in [-0.05, 0) is 85.1 Å². The summed E-state index contributed by atoms with van der Waals surface area (Å²) in [6.45, 7) is 4.56. The SMILES string of the molecule is COc1cc(/C=N/NC(=O)c2ccc(-n3c(C)ccc3-c3ccccc3)cc2)ccc1OCc1ccc(C)cc1. The molecular weight excluding hydrogens is 498 g/mol. The van der Waals surface area contributed by atoms with Crippen LogP contribution in [0, 0.1) is 13.8 Å². The minimum atomic E-state index is -0.291. The lowest BCUT2D eigenvalue weighted by Gasteiger charge is -2.13. The fraction of sp³-hybridized carbons (Fsp3) is 0.118. The molecule has 1 aromatic heterocycles. The van der Waals surface area contributed by atoms with E-state index in [1.807, 2.05) is 60.7 Å². The van der Waals surface area contributed by atoms with E-state index in [9.17, 15) is 4.79 Å². The molecule has 0 aliphatic heterocycles. The maximum absolute atomic E-state index is 12.7. The molecule has 1 N–H and O–H groups in total. The maximum atomic E-state index is 12.7. The van der Waals surface area contributed by atoms with Gasteiger partial charge in [-0.2, -0.15) is 5.10 Å². The molecule has 5 rings (SSSR count). The van der Waals surface area contributed by atoms with E-state index in [1.165, 1.54) is 5.56 Å². The average molecular weight is 530 g/mol. The topological polar surface area (TPSA) is 64.8 Å². The molecule has 0 bridgehead atoms. The van der Waals surface area contributed by atoms with Crippen molar-refractivity contribution in [1.82, 2.24) is 9.99 Å². The zero-order valence-electron chi connectivity index (χ0n) is 22.8. The van der Waals surface area contributed by atoms with Crippen molar-refractivity contribution in [2.75, 3.05) is 7.11 Å². The number of aryl methyl sites for hydroxylation is 2. The van der Waals surface area contributed by atoms with Gasteiger partial charge in [0.2, 0.25) is 0 Å². The molecule has 0 radical (unpaired) electrons. The molecule has 5 aromatic rings. The largest absolute Gasteiger partial charge is 0.493 e. The van der Waals surface area contributed by atoms with E-state index in [-0.39, 0.29) is 5.91 Å². The second-order valence-corrected chi connectivity index (χ2v) is 9.49. The molecule has 1 amide bonds. The highest BCUT2D eigenvalue weighted by Crippen LogP contribution is 2.29. The van der Waals surface area contributed by atoms with Crippen LogP contribution in [0.25, 0.3) is 16.9 Å². The van der Waals surface area contributed by atoms with Gasteiger partial charge < -0.3 is 14.0 Å². The van der Waals surface area contributed by atoms with Gasteiger partial charge in [0.05, 0.1) is 19.0 Å². The summed E-state index contributed by atoms with van der Waals surface area (Å²) in [5, 5.41) is 4.14. The number of amides is 1. The number of rotatable bonds is 9. The first-order valence-electron chi connectivity index (χ1n) is 13.1. The number of ether oxygens (including phenoxy) is 2. The van der Waals surface area contributed by atoms with Crippen molar-refractivity contribution in [2.45, 2.75) is 20.5 Å². The minimum Gasteiger partial charge on any atom is -0.493 e. The molecule has 0 unspecified atom stereocenters. The molecule has 200 valence electrons. The molecule has 0 saturated carbocycles. The van der Waals surface area contributed by atoms with Crippen LogP contribution in [0.5, 0.6) is 11.5 Å². The summed E-state index contributed by atoms with van der Waals surface area (Å²) in [6.07, 6.45) is 1.58. The summed E-state index contributed by atoms with van der Waals surface area (Å²) in [5.74, 6) is 0.936. The third-order valence-electron chi connectivity index (χ3n) is 6.62. The fourth-order valence-electron chi connectivity index (χ4n) is 4.44. The van der Waals surface area contributed by atoms with Crippen LogP contribution >= 0.6 is 0 Å². The molecule has 0 aliphatic carbocycles. The number of carbonyl (C=O) groups is 1. The average Bonchev–Trinajstić information content (AvgIpc) is 3.38. The van der Waals surface area contributed by atoms with Crippen LogP contribution in [-0.2, 0) is 6.61 Å². The number of carbonyl (C=O) groups excluding carboxylic acids is 1. The first-order chi connectivity index (χ1) is 19.5. The number of hydrogen-bond acceptors (Lipinski definition) is 4. The van der Waals surface area contributed by atoms with Crippen molar-refractivity contribution in [1.29, 1.82) is 0 Å². The Morgan fingerprint density at radius 3 is 2.33 bits per heavy atom. The summed E-state index contributed by atoms with van der Waals surface area (Å²) in [7, 11) is 1.60. The van der Waals surface area contributed by atoms with Crippen LogP contribution < -0.4 is 14.9 Å². The van der Waals surface area contributed by atoms with E-state index in [0.717, 1.165) is 33.8 Å². The standard InChI is InChI=1S/C34H31N3O3/c1-24-9-12-26(13-10-24)23-40-32-20-14-27(21-33(32)39-3)22-35-36-34(38)29-15-17-30(18-16-29)37-25(2)11-19-31(37)28-7-5-4-6-8-28/h4-22H,23H2,1-3H3,(H,36,38)/b35-22+. The lowest BCUT2D eigenvalue weighted by atomic mass is 10.1. The zero-order valence-corrected chi connectivity index (χ0v) is 22.8. The van der Waals surface area contributed by atoms with Crippen molar-refractivity contribution in [3.63, 3.8) is 0 Å². The Hall–Kier alpha value is -5.10. The number of methoxy groups -OCH3 is 1. The highest BCUT2D eigenvalue weighted by Gasteiger charge is 2.11. The Labute approximate surface area is 234 Å². The summed E-state index contributed by atoms with van der Waals surface area (Å²) in [4.78, 5) is 12.7. The molecule has 0 fully saturated rings. The Bertz CT molecular complexity index is 1620. The highest BCUT2D eigenvalue weighted by atomic mass is 16.5. The van der Waals surface area contributed by atoms with Crippen LogP contribution in [0.4, 0.5) is 0 Å². The number of nitrogens with one attached hydrogen (secondary N) is 1. The summed E-state index contributed by atoms with van der Waals surface area (Å²) >= 11 is 0. The van der Waals surface area contributed by atoms with Crippen LogP contribution in [0.3, 0.4) is 0 Å². The van der Waals surface area contributed by atoms with Gasteiger partial charge in [0.25, 0.3) is 5.91 Å². The molecule has 0 spiro atoms.